The Bertz CT molecular complexity index is 407. The molecule has 1 aliphatic rings. The number of aliphatic hydroxyl groups is 1. The predicted octanol–water partition coefficient (Wildman–Crippen LogP) is 2.49. The molecule has 0 bridgehead atoms. The molecule has 0 aromatic carbocycles. The van der Waals surface area contributed by atoms with Crippen LogP contribution in [0.1, 0.15) is 51.1 Å². The Labute approximate surface area is 122 Å². The Balaban J connectivity index is 2.05. The van der Waals surface area contributed by atoms with Crippen molar-refractivity contribution in [2.45, 2.75) is 57.7 Å². The number of likely N-dealkylation sites (N-methyl/N-ethyl adjacent to an activating group) is 1. The number of aliphatic hydroxyl groups excluding tert-OH is 1. The lowest BCUT2D eigenvalue weighted by Crippen LogP contribution is -2.43. The SMILES string of the molecule is CCNC(C)c1ccc(N(C)C2CCCCC2O)nc1. The molecule has 1 aromatic rings. The van der Waals surface area contributed by atoms with Crippen LogP contribution in [0.15, 0.2) is 18.3 Å². The van der Waals surface area contributed by atoms with Crippen molar-refractivity contribution >= 4 is 5.82 Å². The van der Waals surface area contributed by atoms with E-state index in [4.69, 9.17) is 0 Å². The molecule has 2 N–H and O–H groups in total. The molecule has 3 unspecified atom stereocenters. The van der Waals surface area contributed by atoms with Gasteiger partial charge in [-0.1, -0.05) is 25.8 Å². The molecule has 0 amide bonds. The van der Waals surface area contributed by atoms with Crippen LogP contribution in [0.2, 0.25) is 0 Å². The Kier molecular flexibility index (Phi) is 5.38. The number of nitrogens with zero attached hydrogens (tertiary/aromatic N) is 2. The number of hydrogen-bond acceptors (Lipinski definition) is 4. The van der Waals surface area contributed by atoms with Crippen LogP contribution in [0.4, 0.5) is 5.82 Å². The molecule has 112 valence electrons. The first kappa shape index (κ1) is 15.3. The van der Waals surface area contributed by atoms with E-state index in [2.05, 4.69) is 41.2 Å². The third kappa shape index (κ3) is 3.49. The molecule has 20 heavy (non-hydrogen) atoms. The fraction of sp³-hybridized carbons (Fsp3) is 0.688. The monoisotopic (exact) mass is 277 g/mol. The summed E-state index contributed by atoms with van der Waals surface area (Å²) in [7, 11) is 2.04. The molecular formula is C16H27N3O. The van der Waals surface area contributed by atoms with E-state index in [9.17, 15) is 5.11 Å². The summed E-state index contributed by atoms with van der Waals surface area (Å²) in [6, 6.07) is 4.71. The standard InChI is InChI=1S/C16H27N3O/c1-4-17-12(2)13-9-10-16(18-11-13)19(3)14-7-5-6-8-15(14)20/h9-12,14-15,17,20H,4-8H2,1-3H3. The first-order valence-electron chi connectivity index (χ1n) is 7.73. The highest BCUT2D eigenvalue weighted by Crippen LogP contribution is 2.26. The topological polar surface area (TPSA) is 48.4 Å². The van der Waals surface area contributed by atoms with Crippen LogP contribution in [0.25, 0.3) is 0 Å². The number of rotatable bonds is 5. The van der Waals surface area contributed by atoms with E-state index in [-0.39, 0.29) is 12.1 Å². The van der Waals surface area contributed by atoms with E-state index >= 15 is 0 Å². The Hall–Kier alpha value is -1.13. The number of pyridine rings is 1. The highest BCUT2D eigenvalue weighted by atomic mass is 16.3. The zero-order chi connectivity index (χ0) is 14.5. The van der Waals surface area contributed by atoms with Gasteiger partial charge in [-0.2, -0.15) is 0 Å². The number of nitrogens with one attached hydrogen (secondary N) is 1. The highest BCUT2D eigenvalue weighted by molar-refractivity contribution is 5.40. The quantitative estimate of drug-likeness (QED) is 0.868. The number of anilines is 1. The molecule has 4 nitrogen and oxygen atoms in total. The Morgan fingerprint density at radius 2 is 2.15 bits per heavy atom. The second-order valence-electron chi connectivity index (χ2n) is 5.76. The summed E-state index contributed by atoms with van der Waals surface area (Å²) in [5.74, 6) is 0.948. The molecule has 0 radical (unpaired) electrons. The molecule has 1 aromatic heterocycles. The molecule has 2 rings (SSSR count). The van der Waals surface area contributed by atoms with Crippen molar-refractivity contribution in [3.63, 3.8) is 0 Å². The van der Waals surface area contributed by atoms with Gasteiger partial charge < -0.3 is 15.3 Å². The van der Waals surface area contributed by atoms with Crippen LogP contribution in [-0.2, 0) is 0 Å². The van der Waals surface area contributed by atoms with Crippen molar-refractivity contribution in [3.8, 4) is 0 Å². The van der Waals surface area contributed by atoms with Gasteiger partial charge in [-0.25, -0.2) is 4.98 Å². The maximum atomic E-state index is 10.1. The molecule has 1 fully saturated rings. The van der Waals surface area contributed by atoms with Gasteiger partial charge in [0.05, 0.1) is 12.1 Å². The second-order valence-corrected chi connectivity index (χ2v) is 5.76. The fourth-order valence-corrected chi connectivity index (χ4v) is 3.00. The zero-order valence-electron chi connectivity index (χ0n) is 12.8. The first-order chi connectivity index (χ1) is 9.63. The van der Waals surface area contributed by atoms with Gasteiger partial charge in [-0.05, 0) is 37.9 Å². The predicted molar refractivity (Wildman–Crippen MR) is 83.0 cm³/mol. The van der Waals surface area contributed by atoms with Gasteiger partial charge in [-0.3, -0.25) is 0 Å². The van der Waals surface area contributed by atoms with Gasteiger partial charge in [0.15, 0.2) is 0 Å². The van der Waals surface area contributed by atoms with Gasteiger partial charge in [0, 0.05) is 19.3 Å². The van der Waals surface area contributed by atoms with E-state index in [0.29, 0.717) is 6.04 Å². The largest absolute Gasteiger partial charge is 0.391 e. The maximum absolute atomic E-state index is 10.1. The van der Waals surface area contributed by atoms with Crippen molar-refractivity contribution in [2.75, 3.05) is 18.5 Å². The maximum Gasteiger partial charge on any atom is 0.128 e. The highest BCUT2D eigenvalue weighted by Gasteiger charge is 2.27. The number of hydrogen-bond donors (Lipinski definition) is 2. The summed E-state index contributed by atoms with van der Waals surface area (Å²) < 4.78 is 0. The smallest absolute Gasteiger partial charge is 0.128 e. The molecule has 3 atom stereocenters. The summed E-state index contributed by atoms with van der Waals surface area (Å²) in [5, 5.41) is 13.5. The van der Waals surface area contributed by atoms with Gasteiger partial charge in [0.2, 0.25) is 0 Å². The average molecular weight is 277 g/mol. The summed E-state index contributed by atoms with van der Waals surface area (Å²) in [5.41, 5.74) is 1.20. The van der Waals surface area contributed by atoms with Crippen LogP contribution in [0.3, 0.4) is 0 Å². The molecule has 1 saturated carbocycles. The second kappa shape index (κ2) is 7.04. The number of aromatic nitrogens is 1. The van der Waals surface area contributed by atoms with Gasteiger partial charge in [-0.15, -0.1) is 0 Å². The normalized spacial score (nSPS) is 24.4. The van der Waals surface area contributed by atoms with E-state index in [1.54, 1.807) is 0 Å². The summed E-state index contributed by atoms with van der Waals surface area (Å²) >= 11 is 0. The van der Waals surface area contributed by atoms with Crippen molar-refractivity contribution in [2.24, 2.45) is 0 Å². The fourth-order valence-electron chi connectivity index (χ4n) is 3.00. The van der Waals surface area contributed by atoms with Gasteiger partial charge >= 0.3 is 0 Å². The van der Waals surface area contributed by atoms with E-state index in [0.717, 1.165) is 31.6 Å². The van der Waals surface area contributed by atoms with E-state index < -0.39 is 0 Å². The molecular weight excluding hydrogens is 250 g/mol. The zero-order valence-corrected chi connectivity index (χ0v) is 12.8. The summed E-state index contributed by atoms with van der Waals surface area (Å²) in [4.78, 5) is 6.70. The molecule has 1 aliphatic carbocycles. The van der Waals surface area contributed by atoms with Crippen molar-refractivity contribution in [1.82, 2.24) is 10.3 Å². The van der Waals surface area contributed by atoms with Crippen LogP contribution < -0.4 is 10.2 Å². The van der Waals surface area contributed by atoms with Crippen LogP contribution >= 0.6 is 0 Å². The Morgan fingerprint density at radius 1 is 1.40 bits per heavy atom. The lowest BCUT2D eigenvalue weighted by Gasteiger charge is -2.36. The minimum Gasteiger partial charge on any atom is -0.391 e. The van der Waals surface area contributed by atoms with E-state index in [1.165, 1.54) is 12.0 Å². The average Bonchev–Trinajstić information content (AvgIpc) is 2.47. The molecule has 0 aliphatic heterocycles. The summed E-state index contributed by atoms with van der Waals surface area (Å²) in [6.45, 7) is 5.21. The van der Waals surface area contributed by atoms with Gasteiger partial charge in [0.1, 0.15) is 5.82 Å². The van der Waals surface area contributed by atoms with Crippen LogP contribution in [0.5, 0.6) is 0 Å². The van der Waals surface area contributed by atoms with Crippen LogP contribution in [-0.4, -0.2) is 35.8 Å². The van der Waals surface area contributed by atoms with E-state index in [1.807, 2.05) is 13.2 Å². The molecule has 1 heterocycles. The van der Waals surface area contributed by atoms with Gasteiger partial charge in [0.25, 0.3) is 0 Å². The molecule has 0 spiro atoms. The molecule has 0 saturated heterocycles. The Morgan fingerprint density at radius 3 is 2.75 bits per heavy atom. The van der Waals surface area contributed by atoms with Crippen molar-refractivity contribution in [3.05, 3.63) is 23.9 Å². The van der Waals surface area contributed by atoms with Crippen LogP contribution in [0, 0.1) is 0 Å². The lowest BCUT2D eigenvalue weighted by molar-refractivity contribution is 0.106. The van der Waals surface area contributed by atoms with Crippen molar-refractivity contribution in [1.29, 1.82) is 0 Å². The third-order valence-corrected chi connectivity index (χ3v) is 4.33. The lowest BCUT2D eigenvalue weighted by atomic mass is 9.91. The minimum absolute atomic E-state index is 0.202. The minimum atomic E-state index is -0.226. The summed E-state index contributed by atoms with van der Waals surface area (Å²) in [6.07, 6.45) is 6.00. The third-order valence-electron chi connectivity index (χ3n) is 4.33. The van der Waals surface area contributed by atoms with Crippen molar-refractivity contribution < 1.29 is 5.11 Å². The first-order valence-corrected chi connectivity index (χ1v) is 7.73. The molecule has 4 heteroatoms.